The van der Waals surface area contributed by atoms with Crippen molar-refractivity contribution in [3.05, 3.63) is 59.3 Å². The third-order valence-electron chi connectivity index (χ3n) is 2.63. The van der Waals surface area contributed by atoms with Crippen LogP contribution in [-0.4, -0.2) is 11.6 Å². The first kappa shape index (κ1) is 12.2. The molecule has 1 heterocycles. The third-order valence-corrected chi connectivity index (χ3v) is 2.63. The van der Waals surface area contributed by atoms with Crippen LogP contribution in [0.4, 0.5) is 4.39 Å². The van der Waals surface area contributed by atoms with Crippen LogP contribution in [0.5, 0.6) is 0 Å². The first-order chi connectivity index (χ1) is 8.58. The van der Waals surface area contributed by atoms with Crippen LogP contribution in [0, 0.1) is 12.7 Å². The fourth-order valence-corrected chi connectivity index (χ4v) is 1.68. The Morgan fingerprint density at radius 2 is 2.00 bits per heavy atom. The second-order valence-electron chi connectivity index (χ2n) is 3.92. The summed E-state index contributed by atoms with van der Waals surface area (Å²) < 4.78 is 18.0. The number of carbonyl (C=O) groups is 2. The Hall–Kier alpha value is -2.23. The van der Waals surface area contributed by atoms with E-state index in [1.54, 1.807) is 6.92 Å². The highest BCUT2D eigenvalue weighted by molar-refractivity contribution is 6.13. The van der Waals surface area contributed by atoms with Gasteiger partial charge in [-0.3, -0.25) is 9.59 Å². The summed E-state index contributed by atoms with van der Waals surface area (Å²) in [5, 5.41) is 0. The number of halogens is 1. The SMILES string of the molecule is Cc1occc1C(=O)CC(=O)c1cccc(F)c1. The minimum Gasteiger partial charge on any atom is -0.469 e. The number of furan rings is 1. The molecule has 0 fully saturated rings. The van der Waals surface area contributed by atoms with Crippen LogP contribution < -0.4 is 0 Å². The molecule has 3 nitrogen and oxygen atoms in total. The van der Waals surface area contributed by atoms with Gasteiger partial charge in [0.25, 0.3) is 0 Å². The predicted octanol–water partition coefficient (Wildman–Crippen LogP) is 3.18. The zero-order valence-corrected chi connectivity index (χ0v) is 9.77. The van der Waals surface area contributed by atoms with Gasteiger partial charge in [-0.2, -0.15) is 0 Å². The average molecular weight is 246 g/mol. The smallest absolute Gasteiger partial charge is 0.174 e. The van der Waals surface area contributed by atoms with Crippen LogP contribution >= 0.6 is 0 Å². The molecule has 0 unspecified atom stereocenters. The summed E-state index contributed by atoms with van der Waals surface area (Å²) in [6.07, 6.45) is 1.11. The normalized spacial score (nSPS) is 10.3. The Morgan fingerprint density at radius 1 is 1.22 bits per heavy atom. The van der Waals surface area contributed by atoms with E-state index >= 15 is 0 Å². The molecule has 0 bridgehead atoms. The Balaban J connectivity index is 2.13. The number of hydrogen-bond acceptors (Lipinski definition) is 3. The van der Waals surface area contributed by atoms with Crippen LogP contribution in [0.2, 0.25) is 0 Å². The van der Waals surface area contributed by atoms with Crippen molar-refractivity contribution < 1.29 is 18.4 Å². The van der Waals surface area contributed by atoms with Crippen molar-refractivity contribution in [2.45, 2.75) is 13.3 Å². The van der Waals surface area contributed by atoms with E-state index in [2.05, 4.69) is 0 Å². The number of carbonyl (C=O) groups excluding carboxylic acids is 2. The van der Waals surface area contributed by atoms with Crippen molar-refractivity contribution >= 4 is 11.6 Å². The van der Waals surface area contributed by atoms with E-state index in [0.29, 0.717) is 11.3 Å². The molecule has 0 aliphatic rings. The number of aryl methyl sites for hydroxylation is 1. The van der Waals surface area contributed by atoms with Gasteiger partial charge in [-0.25, -0.2) is 4.39 Å². The molecule has 0 amide bonds. The van der Waals surface area contributed by atoms with E-state index < -0.39 is 11.6 Å². The van der Waals surface area contributed by atoms with E-state index in [0.717, 1.165) is 6.07 Å². The summed E-state index contributed by atoms with van der Waals surface area (Å²) in [6.45, 7) is 1.65. The highest BCUT2D eigenvalue weighted by Gasteiger charge is 2.17. The summed E-state index contributed by atoms with van der Waals surface area (Å²) in [6, 6.07) is 6.82. The fraction of sp³-hybridized carbons (Fsp3) is 0.143. The summed E-state index contributed by atoms with van der Waals surface area (Å²) in [5.41, 5.74) is 0.587. The highest BCUT2D eigenvalue weighted by atomic mass is 19.1. The molecule has 0 aliphatic carbocycles. The lowest BCUT2D eigenvalue weighted by atomic mass is 10.0. The van der Waals surface area contributed by atoms with Crippen molar-refractivity contribution in [3.63, 3.8) is 0 Å². The lowest BCUT2D eigenvalue weighted by Crippen LogP contribution is -2.09. The molecular formula is C14H11FO3. The first-order valence-electron chi connectivity index (χ1n) is 5.44. The van der Waals surface area contributed by atoms with Crippen molar-refractivity contribution in [1.82, 2.24) is 0 Å². The van der Waals surface area contributed by atoms with Gasteiger partial charge in [0.05, 0.1) is 18.2 Å². The quantitative estimate of drug-likeness (QED) is 0.614. The maximum atomic E-state index is 13.0. The van der Waals surface area contributed by atoms with E-state index in [-0.39, 0.29) is 17.8 Å². The maximum Gasteiger partial charge on any atom is 0.174 e. The van der Waals surface area contributed by atoms with E-state index in [1.165, 1.54) is 30.5 Å². The van der Waals surface area contributed by atoms with Gasteiger partial charge in [0.15, 0.2) is 11.6 Å². The van der Waals surface area contributed by atoms with E-state index in [1.807, 2.05) is 0 Å². The summed E-state index contributed by atoms with van der Waals surface area (Å²) in [5.74, 6) is -0.740. The van der Waals surface area contributed by atoms with Gasteiger partial charge < -0.3 is 4.42 Å². The molecule has 0 spiro atoms. The fourth-order valence-electron chi connectivity index (χ4n) is 1.68. The van der Waals surface area contributed by atoms with Gasteiger partial charge in [-0.05, 0) is 25.1 Å². The molecule has 18 heavy (non-hydrogen) atoms. The molecule has 1 aromatic carbocycles. The van der Waals surface area contributed by atoms with Crippen molar-refractivity contribution in [1.29, 1.82) is 0 Å². The molecular weight excluding hydrogens is 235 g/mol. The van der Waals surface area contributed by atoms with Crippen molar-refractivity contribution in [3.8, 4) is 0 Å². The van der Waals surface area contributed by atoms with E-state index in [4.69, 9.17) is 4.42 Å². The molecule has 92 valence electrons. The maximum absolute atomic E-state index is 13.0. The lowest BCUT2D eigenvalue weighted by molar-refractivity contribution is 0.0893. The molecule has 2 aromatic rings. The van der Waals surface area contributed by atoms with E-state index in [9.17, 15) is 14.0 Å². The minimum absolute atomic E-state index is 0.199. The van der Waals surface area contributed by atoms with Gasteiger partial charge in [0.2, 0.25) is 0 Å². The lowest BCUT2D eigenvalue weighted by Gasteiger charge is -2.00. The van der Waals surface area contributed by atoms with Crippen LogP contribution in [0.25, 0.3) is 0 Å². The van der Waals surface area contributed by atoms with Gasteiger partial charge in [0.1, 0.15) is 11.6 Å². The molecule has 1 aromatic heterocycles. The van der Waals surface area contributed by atoms with Crippen LogP contribution in [0.1, 0.15) is 32.9 Å². The average Bonchev–Trinajstić information content (AvgIpc) is 2.75. The number of hydrogen-bond donors (Lipinski definition) is 0. The second kappa shape index (κ2) is 4.96. The molecule has 2 rings (SSSR count). The summed E-state index contributed by atoms with van der Waals surface area (Å²) in [7, 11) is 0. The zero-order chi connectivity index (χ0) is 13.1. The van der Waals surface area contributed by atoms with Crippen molar-refractivity contribution in [2.75, 3.05) is 0 Å². The molecule has 0 atom stereocenters. The Morgan fingerprint density at radius 3 is 2.61 bits per heavy atom. The Labute approximate surface area is 103 Å². The number of Topliss-reactive ketones (excluding diaryl/α,β-unsaturated/α-hetero) is 2. The standard InChI is InChI=1S/C14H11FO3/c1-9-12(5-6-18-9)14(17)8-13(16)10-3-2-4-11(15)7-10/h2-7H,8H2,1H3. The van der Waals surface area contributed by atoms with Crippen LogP contribution in [-0.2, 0) is 0 Å². The number of rotatable bonds is 4. The first-order valence-corrected chi connectivity index (χ1v) is 5.44. The third kappa shape index (κ3) is 2.53. The van der Waals surface area contributed by atoms with Crippen LogP contribution in [0.15, 0.2) is 41.0 Å². The molecule has 0 radical (unpaired) electrons. The molecule has 0 saturated heterocycles. The topological polar surface area (TPSA) is 47.3 Å². The molecule has 0 aliphatic heterocycles. The Bertz CT molecular complexity index is 599. The minimum atomic E-state index is -0.493. The van der Waals surface area contributed by atoms with Gasteiger partial charge in [-0.1, -0.05) is 12.1 Å². The predicted molar refractivity (Wildman–Crippen MR) is 63.1 cm³/mol. The van der Waals surface area contributed by atoms with Crippen LogP contribution in [0.3, 0.4) is 0 Å². The molecule has 4 heteroatoms. The van der Waals surface area contributed by atoms with Gasteiger partial charge in [-0.15, -0.1) is 0 Å². The highest BCUT2D eigenvalue weighted by Crippen LogP contribution is 2.14. The number of ketones is 2. The summed E-state index contributed by atoms with van der Waals surface area (Å²) >= 11 is 0. The molecule has 0 saturated carbocycles. The largest absolute Gasteiger partial charge is 0.469 e. The molecule has 0 N–H and O–H groups in total. The number of benzene rings is 1. The summed E-state index contributed by atoms with van der Waals surface area (Å²) in [4.78, 5) is 23.6. The monoisotopic (exact) mass is 246 g/mol. The van der Waals surface area contributed by atoms with Crippen molar-refractivity contribution in [2.24, 2.45) is 0 Å². The van der Waals surface area contributed by atoms with Gasteiger partial charge in [0, 0.05) is 5.56 Å². The zero-order valence-electron chi connectivity index (χ0n) is 9.77. The Kier molecular flexibility index (Phi) is 3.37. The second-order valence-corrected chi connectivity index (χ2v) is 3.92. The van der Waals surface area contributed by atoms with Gasteiger partial charge >= 0.3 is 0 Å².